The molecule has 2 aromatic heterocycles. The molecule has 0 saturated carbocycles. The van der Waals surface area contributed by atoms with Crippen LogP contribution in [0.2, 0.25) is 0 Å². The normalized spacial score (nSPS) is 12.3. The number of benzene rings is 1. The van der Waals surface area contributed by atoms with Crippen LogP contribution in [0.1, 0.15) is 18.8 Å². The number of H-pyrrole nitrogens is 1. The number of amides is 1. The highest BCUT2D eigenvalue weighted by Gasteiger charge is 2.21. The topological polar surface area (TPSA) is 113 Å². The van der Waals surface area contributed by atoms with E-state index in [9.17, 15) is 14.0 Å². The number of halogens is 1. The van der Waals surface area contributed by atoms with Crippen molar-refractivity contribution in [2.75, 3.05) is 0 Å². The molecule has 0 saturated heterocycles. The minimum atomic E-state index is -1.28. The van der Waals surface area contributed by atoms with Gasteiger partial charge in [0.1, 0.15) is 23.0 Å². The van der Waals surface area contributed by atoms with Gasteiger partial charge < -0.3 is 10.4 Å². The van der Waals surface area contributed by atoms with Gasteiger partial charge in [-0.15, -0.1) is 0 Å². The van der Waals surface area contributed by atoms with E-state index in [1.165, 1.54) is 42.0 Å². The van der Waals surface area contributed by atoms with Crippen LogP contribution in [0.25, 0.3) is 16.7 Å². The van der Waals surface area contributed by atoms with Gasteiger partial charge in [0.2, 0.25) is 0 Å². The van der Waals surface area contributed by atoms with Gasteiger partial charge in [0, 0.05) is 6.07 Å². The van der Waals surface area contributed by atoms with Crippen molar-refractivity contribution in [1.82, 2.24) is 25.1 Å². The highest BCUT2D eigenvalue weighted by Crippen LogP contribution is 2.18. The van der Waals surface area contributed by atoms with Crippen LogP contribution < -0.4 is 10.9 Å². The van der Waals surface area contributed by atoms with Crippen LogP contribution in [0, 0.1) is 5.82 Å². The second-order valence-electron chi connectivity index (χ2n) is 4.86. The van der Waals surface area contributed by atoms with Crippen LogP contribution in [-0.2, 0) is 0 Å². The van der Waals surface area contributed by atoms with Crippen molar-refractivity contribution in [1.29, 1.82) is 0 Å². The summed E-state index contributed by atoms with van der Waals surface area (Å²) in [6.07, 6.45) is 0.160. The minimum Gasteiger partial charge on any atom is -0.465 e. The number of fused-ring (bicyclic) bond motifs is 1. The molecule has 3 rings (SSSR count). The molecular formula is C14H12FN5O3. The first-order valence-corrected chi connectivity index (χ1v) is 6.69. The Morgan fingerprint density at radius 1 is 1.43 bits per heavy atom. The summed E-state index contributed by atoms with van der Waals surface area (Å²) in [5.41, 5.74) is -0.630. The Hall–Kier alpha value is -3.23. The first-order chi connectivity index (χ1) is 11.0. The van der Waals surface area contributed by atoms with Crippen LogP contribution in [-0.4, -0.2) is 30.9 Å². The lowest BCUT2D eigenvalue weighted by Gasteiger charge is -2.17. The molecule has 1 amide bonds. The minimum absolute atomic E-state index is 0.0549. The summed E-state index contributed by atoms with van der Waals surface area (Å²) in [4.78, 5) is 27.8. The molecule has 1 atom stereocenters. The van der Waals surface area contributed by atoms with Gasteiger partial charge in [-0.3, -0.25) is 9.89 Å². The Morgan fingerprint density at radius 2 is 2.22 bits per heavy atom. The van der Waals surface area contributed by atoms with Crippen LogP contribution in [0.5, 0.6) is 0 Å². The second-order valence-corrected chi connectivity index (χ2v) is 4.86. The molecule has 3 aromatic rings. The Kier molecular flexibility index (Phi) is 3.53. The van der Waals surface area contributed by atoms with Gasteiger partial charge in [-0.05, 0) is 19.1 Å². The van der Waals surface area contributed by atoms with Crippen molar-refractivity contribution in [2.45, 2.75) is 13.0 Å². The van der Waals surface area contributed by atoms with Gasteiger partial charge in [0.05, 0.1) is 17.6 Å². The van der Waals surface area contributed by atoms with E-state index in [4.69, 9.17) is 5.11 Å². The zero-order chi connectivity index (χ0) is 16.6. The van der Waals surface area contributed by atoms with Crippen LogP contribution in [0.3, 0.4) is 0 Å². The van der Waals surface area contributed by atoms with E-state index in [-0.39, 0.29) is 16.7 Å². The van der Waals surface area contributed by atoms with Crippen molar-refractivity contribution in [3.05, 3.63) is 52.5 Å². The van der Waals surface area contributed by atoms with Crippen molar-refractivity contribution < 1.29 is 14.3 Å². The van der Waals surface area contributed by atoms with Crippen molar-refractivity contribution >= 4 is 17.0 Å². The number of carbonyl (C=O) groups is 1. The molecule has 2 heterocycles. The monoisotopic (exact) mass is 317 g/mol. The molecule has 0 spiro atoms. The summed E-state index contributed by atoms with van der Waals surface area (Å²) in [5, 5.41) is 17.6. The second kappa shape index (κ2) is 5.52. The number of nitrogens with zero attached hydrogens (tertiary/aromatic N) is 3. The maximum absolute atomic E-state index is 14.0. The lowest BCUT2D eigenvalue weighted by atomic mass is 10.2. The molecule has 23 heavy (non-hydrogen) atoms. The van der Waals surface area contributed by atoms with E-state index in [0.29, 0.717) is 5.82 Å². The van der Waals surface area contributed by atoms with Crippen molar-refractivity contribution in [2.24, 2.45) is 0 Å². The van der Waals surface area contributed by atoms with E-state index in [2.05, 4.69) is 20.5 Å². The molecule has 0 aliphatic heterocycles. The molecule has 0 aliphatic carbocycles. The third-order valence-electron chi connectivity index (χ3n) is 3.33. The number of carboxylic acid groups (broad SMARTS) is 1. The molecule has 0 aliphatic rings. The highest BCUT2D eigenvalue weighted by molar-refractivity contribution is 5.78. The summed E-state index contributed by atoms with van der Waals surface area (Å²) in [7, 11) is 0. The predicted octanol–water partition coefficient (Wildman–Crippen LogP) is 1.58. The van der Waals surface area contributed by atoms with E-state index in [0.717, 1.165) is 0 Å². The SMILES string of the molecule is CC(NC(=O)O)c1nc2c(F)cccc2c(=O)n1-c1ccn[nH]1. The molecule has 9 heteroatoms. The first kappa shape index (κ1) is 14.7. The fraction of sp³-hybridized carbons (Fsp3) is 0.143. The summed E-state index contributed by atoms with van der Waals surface area (Å²) in [6, 6.07) is 4.75. The van der Waals surface area contributed by atoms with Gasteiger partial charge >= 0.3 is 6.09 Å². The van der Waals surface area contributed by atoms with Crippen LogP contribution in [0.4, 0.5) is 9.18 Å². The highest BCUT2D eigenvalue weighted by atomic mass is 19.1. The van der Waals surface area contributed by atoms with E-state index in [1.54, 1.807) is 0 Å². The quantitative estimate of drug-likeness (QED) is 0.679. The van der Waals surface area contributed by atoms with Gasteiger partial charge in [0.15, 0.2) is 0 Å². The lowest BCUT2D eigenvalue weighted by Crippen LogP contribution is -2.32. The number of rotatable bonds is 3. The number of nitrogens with one attached hydrogen (secondary N) is 2. The third-order valence-corrected chi connectivity index (χ3v) is 3.33. The van der Waals surface area contributed by atoms with E-state index < -0.39 is 23.5 Å². The molecule has 0 bridgehead atoms. The summed E-state index contributed by atoms with van der Waals surface area (Å²) in [5.74, 6) is -0.290. The Balaban J connectivity index is 2.35. The predicted molar refractivity (Wildman–Crippen MR) is 79.0 cm³/mol. The molecule has 3 N–H and O–H groups in total. The van der Waals surface area contributed by atoms with Crippen LogP contribution >= 0.6 is 0 Å². The maximum Gasteiger partial charge on any atom is 0.405 e. The number of aromatic nitrogens is 4. The molecule has 0 radical (unpaired) electrons. The van der Waals surface area contributed by atoms with E-state index >= 15 is 0 Å². The van der Waals surface area contributed by atoms with Crippen LogP contribution in [0.15, 0.2) is 35.3 Å². The van der Waals surface area contributed by atoms with Gasteiger partial charge in [-0.25, -0.2) is 18.7 Å². The number of aromatic amines is 1. The molecule has 8 nitrogen and oxygen atoms in total. The fourth-order valence-corrected chi connectivity index (χ4v) is 2.34. The third kappa shape index (κ3) is 2.52. The summed E-state index contributed by atoms with van der Waals surface area (Å²) >= 11 is 0. The summed E-state index contributed by atoms with van der Waals surface area (Å²) in [6.45, 7) is 1.51. The first-order valence-electron chi connectivity index (χ1n) is 6.69. The Morgan fingerprint density at radius 3 is 2.87 bits per heavy atom. The molecule has 0 fully saturated rings. The molecule has 118 valence electrons. The number of hydrogen-bond acceptors (Lipinski definition) is 4. The van der Waals surface area contributed by atoms with Crippen molar-refractivity contribution in [3.8, 4) is 5.82 Å². The largest absolute Gasteiger partial charge is 0.465 e. The van der Waals surface area contributed by atoms with Crippen molar-refractivity contribution in [3.63, 3.8) is 0 Å². The van der Waals surface area contributed by atoms with Gasteiger partial charge in [0.25, 0.3) is 5.56 Å². The Labute approximate surface area is 128 Å². The van der Waals surface area contributed by atoms with E-state index in [1.807, 2.05) is 0 Å². The molecule has 1 unspecified atom stereocenters. The summed E-state index contributed by atoms with van der Waals surface area (Å²) < 4.78 is 15.2. The number of para-hydroxylation sites is 1. The molecular weight excluding hydrogens is 305 g/mol. The average Bonchev–Trinajstić information content (AvgIpc) is 3.01. The maximum atomic E-state index is 14.0. The molecule has 1 aromatic carbocycles. The fourth-order valence-electron chi connectivity index (χ4n) is 2.34. The number of hydrogen-bond donors (Lipinski definition) is 3. The lowest BCUT2D eigenvalue weighted by molar-refractivity contribution is 0.190. The smallest absolute Gasteiger partial charge is 0.405 e. The zero-order valence-corrected chi connectivity index (χ0v) is 11.9. The zero-order valence-electron chi connectivity index (χ0n) is 11.9. The standard InChI is InChI=1S/C14H12FN5O3/c1-7(17-14(22)23)12-18-11-8(3-2-4-9(11)15)13(21)20(12)10-5-6-16-19-10/h2-7,17H,1H3,(H,16,19)(H,22,23). The Bertz CT molecular complexity index is 935. The average molecular weight is 317 g/mol. The van der Waals surface area contributed by atoms with Gasteiger partial charge in [-0.1, -0.05) is 6.07 Å². The van der Waals surface area contributed by atoms with Gasteiger partial charge in [-0.2, -0.15) is 5.10 Å².